The van der Waals surface area contributed by atoms with Gasteiger partial charge < -0.3 is 19.7 Å². The van der Waals surface area contributed by atoms with E-state index in [2.05, 4.69) is 0 Å². The Labute approximate surface area is 191 Å². The molecule has 7 heteroatoms. The highest BCUT2D eigenvalue weighted by atomic mass is 16.5. The average molecular weight is 445 g/mol. The predicted molar refractivity (Wildman–Crippen MR) is 124 cm³/mol. The molecule has 1 atom stereocenters. The Morgan fingerprint density at radius 2 is 1.58 bits per heavy atom. The van der Waals surface area contributed by atoms with E-state index in [0.29, 0.717) is 17.1 Å². The van der Waals surface area contributed by atoms with Gasteiger partial charge in [-0.05, 0) is 37.3 Å². The highest BCUT2D eigenvalue weighted by Crippen LogP contribution is 2.47. The summed E-state index contributed by atoms with van der Waals surface area (Å²) in [4.78, 5) is 27.8. The van der Waals surface area contributed by atoms with E-state index in [9.17, 15) is 19.8 Å². The number of benzene rings is 3. The van der Waals surface area contributed by atoms with Crippen molar-refractivity contribution in [2.75, 3.05) is 19.1 Å². The normalized spacial score (nSPS) is 17.3. The number of ether oxygens (including phenoxy) is 2. The highest BCUT2D eigenvalue weighted by Gasteiger charge is 2.48. The molecule has 0 radical (unpaired) electrons. The first-order chi connectivity index (χ1) is 15.9. The van der Waals surface area contributed by atoms with Crippen LogP contribution < -0.4 is 14.4 Å². The average Bonchev–Trinajstić information content (AvgIpc) is 3.09. The number of hydrogen-bond donors (Lipinski definition) is 2. The maximum absolute atomic E-state index is 13.3. The summed E-state index contributed by atoms with van der Waals surface area (Å²) in [5.41, 5.74) is 1.62. The number of aliphatic hydroxyl groups excluding tert-OH is 1. The smallest absolute Gasteiger partial charge is 0.300 e. The minimum Gasteiger partial charge on any atom is -0.507 e. The molecule has 0 bridgehead atoms. The molecular weight excluding hydrogens is 422 g/mol. The third-order valence-corrected chi connectivity index (χ3v) is 5.63. The Kier molecular flexibility index (Phi) is 5.79. The summed E-state index contributed by atoms with van der Waals surface area (Å²) >= 11 is 0. The zero-order chi connectivity index (χ0) is 23.7. The third kappa shape index (κ3) is 3.67. The van der Waals surface area contributed by atoms with Crippen LogP contribution in [0.25, 0.3) is 5.76 Å². The molecule has 1 aliphatic heterocycles. The van der Waals surface area contributed by atoms with Gasteiger partial charge in [-0.3, -0.25) is 14.5 Å². The van der Waals surface area contributed by atoms with Crippen LogP contribution in [-0.4, -0.2) is 36.1 Å². The van der Waals surface area contributed by atoms with Gasteiger partial charge in [0.05, 0.1) is 37.1 Å². The first-order valence-electron chi connectivity index (χ1n) is 10.3. The van der Waals surface area contributed by atoms with Gasteiger partial charge in [0.2, 0.25) is 0 Å². The van der Waals surface area contributed by atoms with E-state index in [-0.39, 0.29) is 28.3 Å². The molecule has 7 nitrogen and oxygen atoms in total. The monoisotopic (exact) mass is 445 g/mol. The second-order valence-electron chi connectivity index (χ2n) is 7.60. The van der Waals surface area contributed by atoms with Gasteiger partial charge in [-0.25, -0.2) is 0 Å². The number of para-hydroxylation sites is 3. The number of aryl methyl sites for hydroxylation is 1. The molecule has 1 aliphatic rings. The Morgan fingerprint density at radius 1 is 0.909 bits per heavy atom. The number of rotatable bonds is 5. The highest BCUT2D eigenvalue weighted by molar-refractivity contribution is 6.52. The largest absolute Gasteiger partial charge is 0.507 e. The minimum atomic E-state index is -1.04. The van der Waals surface area contributed by atoms with Crippen LogP contribution >= 0.6 is 0 Å². The standard InChI is InChI=1S/C26H23NO6/c1-15-12-13-21(33-3)17(14-15)24(29)22-23(16-8-4-7-11-20(16)32-2)27(26(31)25(22)30)18-9-5-6-10-19(18)28/h4-14,23,28-29H,1-3H3/b24-22+. The van der Waals surface area contributed by atoms with Crippen LogP contribution in [0.5, 0.6) is 17.2 Å². The summed E-state index contributed by atoms with van der Waals surface area (Å²) in [6, 6.07) is 17.3. The van der Waals surface area contributed by atoms with E-state index in [4.69, 9.17) is 9.47 Å². The number of aliphatic hydroxyl groups is 1. The molecular formula is C26H23NO6. The molecule has 33 heavy (non-hydrogen) atoms. The zero-order valence-electron chi connectivity index (χ0n) is 18.4. The summed E-state index contributed by atoms with van der Waals surface area (Å²) in [5.74, 6) is -1.52. The first-order valence-corrected chi connectivity index (χ1v) is 10.3. The van der Waals surface area contributed by atoms with Gasteiger partial charge in [0.25, 0.3) is 11.7 Å². The fourth-order valence-corrected chi connectivity index (χ4v) is 4.09. The Balaban J connectivity index is 2.05. The van der Waals surface area contributed by atoms with Gasteiger partial charge in [0, 0.05) is 5.56 Å². The second-order valence-corrected chi connectivity index (χ2v) is 7.60. The Bertz CT molecular complexity index is 1280. The van der Waals surface area contributed by atoms with E-state index in [0.717, 1.165) is 5.56 Å². The SMILES string of the molecule is COc1ccc(C)cc1/C(O)=C1\C(=O)C(=O)N(c2ccccc2O)C1c1ccccc1OC. The maximum Gasteiger partial charge on any atom is 0.300 e. The Hall–Kier alpha value is -4.26. The summed E-state index contributed by atoms with van der Waals surface area (Å²) in [6.45, 7) is 1.84. The molecule has 3 aromatic carbocycles. The number of methoxy groups -OCH3 is 2. The number of anilines is 1. The molecule has 2 N–H and O–H groups in total. The van der Waals surface area contributed by atoms with Crippen LogP contribution in [0, 0.1) is 6.92 Å². The number of hydrogen-bond acceptors (Lipinski definition) is 6. The van der Waals surface area contributed by atoms with Crippen molar-refractivity contribution < 1.29 is 29.3 Å². The van der Waals surface area contributed by atoms with Crippen molar-refractivity contribution in [3.8, 4) is 17.2 Å². The van der Waals surface area contributed by atoms with Crippen molar-refractivity contribution in [1.29, 1.82) is 0 Å². The van der Waals surface area contributed by atoms with E-state index < -0.39 is 17.7 Å². The van der Waals surface area contributed by atoms with Crippen LogP contribution in [-0.2, 0) is 9.59 Å². The second kappa shape index (κ2) is 8.70. The lowest BCUT2D eigenvalue weighted by Crippen LogP contribution is -2.29. The quantitative estimate of drug-likeness (QED) is 0.345. The molecule has 4 rings (SSSR count). The molecule has 0 aromatic heterocycles. The Morgan fingerprint density at radius 3 is 2.27 bits per heavy atom. The summed E-state index contributed by atoms with van der Waals surface area (Å²) in [5, 5.41) is 21.9. The molecule has 0 spiro atoms. The molecule has 1 amide bonds. The van der Waals surface area contributed by atoms with Crippen molar-refractivity contribution >= 4 is 23.1 Å². The fraction of sp³-hybridized carbons (Fsp3) is 0.154. The summed E-state index contributed by atoms with van der Waals surface area (Å²) < 4.78 is 10.9. The number of carbonyl (C=O) groups excluding carboxylic acids is 2. The van der Waals surface area contributed by atoms with Crippen molar-refractivity contribution in [3.05, 3.63) is 89.0 Å². The molecule has 1 heterocycles. The van der Waals surface area contributed by atoms with Crippen molar-refractivity contribution in [2.45, 2.75) is 13.0 Å². The maximum atomic E-state index is 13.3. The lowest BCUT2D eigenvalue weighted by molar-refractivity contribution is -0.132. The number of carbonyl (C=O) groups is 2. The molecule has 0 saturated carbocycles. The molecule has 3 aromatic rings. The third-order valence-electron chi connectivity index (χ3n) is 5.63. The van der Waals surface area contributed by atoms with Gasteiger partial charge in [0.15, 0.2) is 0 Å². The van der Waals surface area contributed by atoms with Crippen LogP contribution in [0.3, 0.4) is 0 Å². The van der Waals surface area contributed by atoms with Crippen LogP contribution in [0.2, 0.25) is 0 Å². The number of ketones is 1. The molecule has 0 aliphatic carbocycles. The topological polar surface area (TPSA) is 96.3 Å². The zero-order valence-corrected chi connectivity index (χ0v) is 18.4. The van der Waals surface area contributed by atoms with E-state index in [1.807, 2.05) is 13.0 Å². The first kappa shape index (κ1) is 22.0. The van der Waals surface area contributed by atoms with Crippen LogP contribution in [0.15, 0.2) is 72.3 Å². The molecule has 1 unspecified atom stereocenters. The van der Waals surface area contributed by atoms with Crippen molar-refractivity contribution in [1.82, 2.24) is 0 Å². The van der Waals surface area contributed by atoms with Crippen molar-refractivity contribution in [3.63, 3.8) is 0 Å². The lowest BCUT2D eigenvalue weighted by Gasteiger charge is -2.27. The number of nitrogens with zero attached hydrogens (tertiary/aromatic N) is 1. The lowest BCUT2D eigenvalue weighted by atomic mass is 9.93. The van der Waals surface area contributed by atoms with Gasteiger partial charge in [-0.2, -0.15) is 0 Å². The fourth-order valence-electron chi connectivity index (χ4n) is 4.09. The minimum absolute atomic E-state index is 0.128. The van der Waals surface area contributed by atoms with Gasteiger partial charge in [0.1, 0.15) is 23.0 Å². The predicted octanol–water partition coefficient (Wildman–Crippen LogP) is 4.34. The van der Waals surface area contributed by atoms with Gasteiger partial charge >= 0.3 is 0 Å². The van der Waals surface area contributed by atoms with E-state index in [1.54, 1.807) is 48.5 Å². The van der Waals surface area contributed by atoms with Gasteiger partial charge in [-0.15, -0.1) is 0 Å². The van der Waals surface area contributed by atoms with E-state index >= 15 is 0 Å². The summed E-state index contributed by atoms with van der Waals surface area (Å²) in [6.07, 6.45) is 0. The van der Waals surface area contributed by atoms with Crippen LogP contribution in [0.4, 0.5) is 5.69 Å². The van der Waals surface area contributed by atoms with Crippen LogP contribution in [0.1, 0.15) is 22.7 Å². The van der Waals surface area contributed by atoms with Crippen molar-refractivity contribution in [2.24, 2.45) is 0 Å². The number of phenolic OH excluding ortho intramolecular Hbond substituents is 1. The molecule has 168 valence electrons. The number of aromatic hydroxyl groups is 1. The molecule has 1 fully saturated rings. The number of phenols is 1. The van der Waals surface area contributed by atoms with E-state index in [1.165, 1.54) is 31.3 Å². The number of amides is 1. The number of Topliss-reactive ketones (excluding diaryl/α,β-unsaturated/α-hetero) is 1. The van der Waals surface area contributed by atoms with Gasteiger partial charge in [-0.1, -0.05) is 42.0 Å². The summed E-state index contributed by atoms with van der Waals surface area (Å²) in [7, 11) is 2.94. The molecule has 1 saturated heterocycles.